The SMILES string of the molecule is CN(C)CCN1CCN(C(=O)C2CCN(S(C)(=O)=O)CC2)c2ccccc21. The van der Waals surface area contributed by atoms with Crippen molar-refractivity contribution in [2.24, 2.45) is 5.92 Å². The second-order valence-corrected chi connectivity index (χ2v) is 9.69. The van der Waals surface area contributed by atoms with Gasteiger partial charge in [0.1, 0.15) is 0 Å². The highest BCUT2D eigenvalue weighted by atomic mass is 32.2. The number of hydrogen-bond donors (Lipinski definition) is 0. The molecule has 0 radical (unpaired) electrons. The number of sulfonamides is 1. The number of carbonyl (C=O) groups is 1. The fraction of sp³-hybridized carbons (Fsp3) is 0.632. The second-order valence-electron chi connectivity index (χ2n) is 7.71. The summed E-state index contributed by atoms with van der Waals surface area (Å²) in [5.74, 6) is 0.0206. The lowest BCUT2D eigenvalue weighted by atomic mass is 9.95. The fourth-order valence-electron chi connectivity index (χ4n) is 3.86. The first-order chi connectivity index (χ1) is 12.8. The van der Waals surface area contributed by atoms with Gasteiger partial charge < -0.3 is 14.7 Å². The van der Waals surface area contributed by atoms with Gasteiger partial charge in [-0.25, -0.2) is 12.7 Å². The summed E-state index contributed by atoms with van der Waals surface area (Å²) in [6, 6.07) is 8.08. The Hall–Kier alpha value is -1.64. The number of amides is 1. The van der Waals surface area contributed by atoms with E-state index in [0.717, 1.165) is 31.0 Å². The third-order valence-electron chi connectivity index (χ3n) is 5.46. The van der Waals surface area contributed by atoms with Crippen molar-refractivity contribution in [3.8, 4) is 0 Å². The summed E-state index contributed by atoms with van der Waals surface area (Å²) in [5.41, 5.74) is 2.07. The summed E-state index contributed by atoms with van der Waals surface area (Å²) < 4.78 is 24.9. The number of rotatable bonds is 5. The Kier molecular flexibility index (Phi) is 6.08. The molecule has 1 amide bonds. The molecule has 1 saturated heterocycles. The van der Waals surface area contributed by atoms with Crippen molar-refractivity contribution in [1.29, 1.82) is 0 Å². The summed E-state index contributed by atoms with van der Waals surface area (Å²) in [6.07, 6.45) is 2.42. The molecule has 0 saturated carbocycles. The largest absolute Gasteiger partial charge is 0.367 e. The highest BCUT2D eigenvalue weighted by Gasteiger charge is 2.34. The molecule has 0 aromatic heterocycles. The average Bonchev–Trinajstić information content (AvgIpc) is 2.65. The topological polar surface area (TPSA) is 64.2 Å². The number of fused-ring (bicyclic) bond motifs is 1. The monoisotopic (exact) mass is 394 g/mol. The first-order valence-electron chi connectivity index (χ1n) is 9.52. The van der Waals surface area contributed by atoms with Gasteiger partial charge in [-0.1, -0.05) is 12.1 Å². The lowest BCUT2D eigenvalue weighted by Gasteiger charge is -2.40. The molecule has 2 heterocycles. The van der Waals surface area contributed by atoms with Crippen molar-refractivity contribution in [2.75, 3.05) is 69.4 Å². The van der Waals surface area contributed by atoms with Crippen LogP contribution < -0.4 is 9.80 Å². The Morgan fingerprint density at radius 2 is 1.70 bits per heavy atom. The van der Waals surface area contributed by atoms with Crippen LogP contribution in [0.2, 0.25) is 0 Å². The van der Waals surface area contributed by atoms with Crippen LogP contribution in [0, 0.1) is 5.92 Å². The number of nitrogens with zero attached hydrogens (tertiary/aromatic N) is 4. The number of piperidine rings is 1. The van der Waals surface area contributed by atoms with Gasteiger partial charge in [-0.2, -0.15) is 0 Å². The van der Waals surface area contributed by atoms with Gasteiger partial charge in [-0.15, -0.1) is 0 Å². The maximum absolute atomic E-state index is 13.2. The van der Waals surface area contributed by atoms with Gasteiger partial charge in [0.25, 0.3) is 0 Å². The molecule has 2 aliphatic rings. The van der Waals surface area contributed by atoms with Crippen molar-refractivity contribution >= 4 is 27.3 Å². The van der Waals surface area contributed by atoms with Crippen LogP contribution in [0.1, 0.15) is 12.8 Å². The van der Waals surface area contributed by atoms with Gasteiger partial charge in [-0.05, 0) is 39.1 Å². The quantitative estimate of drug-likeness (QED) is 0.748. The van der Waals surface area contributed by atoms with E-state index in [0.29, 0.717) is 32.5 Å². The third-order valence-corrected chi connectivity index (χ3v) is 6.77. The zero-order valence-corrected chi connectivity index (χ0v) is 17.3. The molecule has 0 atom stereocenters. The second kappa shape index (κ2) is 8.16. The summed E-state index contributed by atoms with van der Waals surface area (Å²) in [6.45, 7) is 4.25. The molecule has 0 spiro atoms. The highest BCUT2D eigenvalue weighted by Crippen LogP contribution is 2.34. The Morgan fingerprint density at radius 3 is 2.30 bits per heavy atom. The summed E-state index contributed by atoms with van der Waals surface area (Å²) >= 11 is 0. The van der Waals surface area contributed by atoms with E-state index in [1.54, 1.807) is 0 Å². The van der Waals surface area contributed by atoms with Crippen LogP contribution in [-0.4, -0.2) is 83.1 Å². The zero-order valence-electron chi connectivity index (χ0n) is 16.5. The number of anilines is 2. The molecular weight excluding hydrogens is 364 g/mol. The summed E-state index contributed by atoms with van der Waals surface area (Å²) in [7, 11) is 0.957. The minimum Gasteiger partial charge on any atom is -0.367 e. The van der Waals surface area contributed by atoms with E-state index in [9.17, 15) is 13.2 Å². The average molecular weight is 395 g/mol. The molecule has 2 aliphatic heterocycles. The minimum atomic E-state index is -3.17. The molecule has 3 rings (SSSR count). The first-order valence-corrected chi connectivity index (χ1v) is 11.4. The van der Waals surface area contributed by atoms with Gasteiger partial charge in [0.05, 0.1) is 17.6 Å². The molecule has 150 valence electrons. The molecular formula is C19H30N4O3S. The van der Waals surface area contributed by atoms with E-state index in [-0.39, 0.29) is 11.8 Å². The van der Waals surface area contributed by atoms with Crippen molar-refractivity contribution < 1.29 is 13.2 Å². The Labute approximate surface area is 162 Å². The molecule has 8 heteroatoms. The highest BCUT2D eigenvalue weighted by molar-refractivity contribution is 7.88. The summed E-state index contributed by atoms with van der Waals surface area (Å²) in [5, 5.41) is 0. The molecule has 1 fully saturated rings. The number of hydrogen-bond acceptors (Lipinski definition) is 5. The normalized spacial score (nSPS) is 19.4. The van der Waals surface area contributed by atoms with Gasteiger partial charge in [-0.3, -0.25) is 4.79 Å². The van der Waals surface area contributed by atoms with Crippen LogP contribution >= 0.6 is 0 Å². The van der Waals surface area contributed by atoms with E-state index in [1.165, 1.54) is 10.6 Å². The minimum absolute atomic E-state index is 0.107. The lowest BCUT2D eigenvalue weighted by Crippen LogP contribution is -2.49. The van der Waals surface area contributed by atoms with Crippen molar-refractivity contribution in [2.45, 2.75) is 12.8 Å². The van der Waals surface area contributed by atoms with Crippen LogP contribution in [0.4, 0.5) is 11.4 Å². The molecule has 1 aromatic carbocycles. The first kappa shape index (κ1) is 20.1. The van der Waals surface area contributed by atoms with Gasteiger partial charge >= 0.3 is 0 Å². The molecule has 0 unspecified atom stereocenters. The molecule has 27 heavy (non-hydrogen) atoms. The maximum Gasteiger partial charge on any atom is 0.230 e. The molecule has 0 bridgehead atoms. The Balaban J connectivity index is 1.71. The van der Waals surface area contributed by atoms with E-state index < -0.39 is 10.0 Å². The Morgan fingerprint density at radius 1 is 1.07 bits per heavy atom. The standard InChI is InChI=1S/C19H30N4O3S/c1-20(2)12-13-21-14-15-23(18-7-5-4-6-17(18)21)19(24)16-8-10-22(11-9-16)27(3,25)26/h4-7,16H,8-15H2,1-3H3. The summed E-state index contributed by atoms with van der Waals surface area (Å²) in [4.78, 5) is 19.6. The predicted octanol–water partition coefficient (Wildman–Crippen LogP) is 1.07. The van der Waals surface area contributed by atoms with E-state index in [4.69, 9.17) is 0 Å². The number of carbonyl (C=O) groups excluding carboxylic acids is 1. The molecule has 0 aliphatic carbocycles. The van der Waals surface area contributed by atoms with Crippen molar-refractivity contribution in [1.82, 2.24) is 9.21 Å². The zero-order chi connectivity index (χ0) is 19.6. The van der Waals surface area contributed by atoms with E-state index in [1.807, 2.05) is 23.1 Å². The van der Waals surface area contributed by atoms with Crippen molar-refractivity contribution in [3.63, 3.8) is 0 Å². The van der Waals surface area contributed by atoms with E-state index >= 15 is 0 Å². The van der Waals surface area contributed by atoms with E-state index in [2.05, 4.69) is 30.0 Å². The Bertz CT molecular complexity index is 773. The number of likely N-dealkylation sites (N-methyl/N-ethyl adjacent to an activating group) is 1. The molecule has 7 nitrogen and oxygen atoms in total. The number of para-hydroxylation sites is 2. The van der Waals surface area contributed by atoms with Gasteiger partial charge in [0.15, 0.2) is 0 Å². The maximum atomic E-state index is 13.2. The fourth-order valence-corrected chi connectivity index (χ4v) is 4.73. The van der Waals surface area contributed by atoms with Crippen LogP contribution in [0.5, 0.6) is 0 Å². The van der Waals surface area contributed by atoms with Crippen LogP contribution in [0.25, 0.3) is 0 Å². The molecule has 0 N–H and O–H groups in total. The number of benzene rings is 1. The lowest BCUT2D eigenvalue weighted by molar-refractivity contribution is -0.123. The molecule has 1 aromatic rings. The smallest absolute Gasteiger partial charge is 0.230 e. The predicted molar refractivity (Wildman–Crippen MR) is 109 cm³/mol. The van der Waals surface area contributed by atoms with Gasteiger partial charge in [0.2, 0.25) is 15.9 Å². The van der Waals surface area contributed by atoms with Crippen LogP contribution in [0.3, 0.4) is 0 Å². The van der Waals surface area contributed by atoms with Crippen LogP contribution in [0.15, 0.2) is 24.3 Å². The third kappa shape index (κ3) is 4.62. The van der Waals surface area contributed by atoms with Crippen LogP contribution in [-0.2, 0) is 14.8 Å². The van der Waals surface area contributed by atoms with Gasteiger partial charge in [0, 0.05) is 45.2 Å². The van der Waals surface area contributed by atoms with Crippen molar-refractivity contribution in [3.05, 3.63) is 24.3 Å².